The number of anilines is 1. The minimum atomic E-state index is -0.567. The van der Waals surface area contributed by atoms with Crippen molar-refractivity contribution in [1.29, 1.82) is 0 Å². The van der Waals surface area contributed by atoms with E-state index < -0.39 is 4.92 Å². The number of nitrogens with one attached hydrogen (secondary N) is 1. The second kappa shape index (κ2) is 6.53. The van der Waals surface area contributed by atoms with E-state index in [2.05, 4.69) is 12.3 Å². The summed E-state index contributed by atoms with van der Waals surface area (Å²) in [5.41, 5.74) is 2.26. The molecule has 3 N–H and O–H groups in total. The minimum absolute atomic E-state index is 0.0880. The standard InChI is InChI=1S/C14H20N4O3/c1-10-4-3-8-17(9-7-10)14(19)11-5-2-6-12(16-15)13(11)18(20)21/h2,5-6,10,16H,3-4,7-9,15H2,1H3. The number of carbonyl (C=O) groups is 1. The predicted molar refractivity (Wildman–Crippen MR) is 79.8 cm³/mol. The first-order valence-electron chi connectivity index (χ1n) is 7.08. The van der Waals surface area contributed by atoms with Gasteiger partial charge >= 0.3 is 5.69 Å². The fourth-order valence-electron chi connectivity index (χ4n) is 2.67. The summed E-state index contributed by atoms with van der Waals surface area (Å²) >= 11 is 0. The van der Waals surface area contributed by atoms with Gasteiger partial charge in [-0.3, -0.25) is 20.8 Å². The molecule has 1 heterocycles. The van der Waals surface area contributed by atoms with Gasteiger partial charge < -0.3 is 10.3 Å². The van der Waals surface area contributed by atoms with Crippen molar-refractivity contribution in [3.8, 4) is 0 Å². The quantitative estimate of drug-likeness (QED) is 0.505. The lowest BCUT2D eigenvalue weighted by atomic mass is 10.0. The Morgan fingerprint density at radius 1 is 1.43 bits per heavy atom. The van der Waals surface area contributed by atoms with Crippen LogP contribution in [0.1, 0.15) is 36.5 Å². The lowest BCUT2D eigenvalue weighted by molar-refractivity contribution is -0.384. The zero-order valence-corrected chi connectivity index (χ0v) is 12.0. The maximum absolute atomic E-state index is 12.6. The molecule has 1 atom stereocenters. The molecule has 1 fully saturated rings. The lowest BCUT2D eigenvalue weighted by Crippen LogP contribution is -2.32. The van der Waals surface area contributed by atoms with Crippen LogP contribution in [-0.2, 0) is 0 Å². The number of hydrazine groups is 1. The van der Waals surface area contributed by atoms with Gasteiger partial charge in [0.1, 0.15) is 11.3 Å². The third kappa shape index (κ3) is 3.30. The van der Waals surface area contributed by atoms with Crippen LogP contribution in [0, 0.1) is 16.0 Å². The number of likely N-dealkylation sites (tertiary alicyclic amines) is 1. The minimum Gasteiger partial charge on any atom is -0.338 e. The van der Waals surface area contributed by atoms with Crippen molar-refractivity contribution in [2.75, 3.05) is 18.5 Å². The first-order chi connectivity index (χ1) is 10.0. The van der Waals surface area contributed by atoms with E-state index in [-0.39, 0.29) is 22.8 Å². The molecule has 2 rings (SSSR count). The molecule has 0 aliphatic carbocycles. The summed E-state index contributed by atoms with van der Waals surface area (Å²) in [6.45, 7) is 3.44. The second-order valence-electron chi connectivity index (χ2n) is 5.43. The number of hydrogen-bond donors (Lipinski definition) is 2. The lowest BCUT2D eigenvalue weighted by Gasteiger charge is -2.20. The summed E-state index contributed by atoms with van der Waals surface area (Å²) in [5, 5.41) is 11.2. The molecular formula is C14H20N4O3. The van der Waals surface area contributed by atoms with Crippen molar-refractivity contribution in [2.45, 2.75) is 26.2 Å². The number of nitrogen functional groups attached to an aromatic ring is 1. The fraction of sp³-hybridized carbons (Fsp3) is 0.500. The van der Waals surface area contributed by atoms with Crippen LogP contribution in [-0.4, -0.2) is 28.8 Å². The van der Waals surface area contributed by atoms with Crippen LogP contribution in [0.15, 0.2) is 18.2 Å². The number of rotatable bonds is 3. The van der Waals surface area contributed by atoms with Crippen molar-refractivity contribution in [1.82, 2.24) is 4.90 Å². The first-order valence-corrected chi connectivity index (χ1v) is 7.08. The molecule has 1 aliphatic rings. The van der Waals surface area contributed by atoms with Gasteiger partial charge in [-0.05, 0) is 37.3 Å². The SMILES string of the molecule is CC1CCCN(C(=O)c2cccc(NN)c2[N+](=O)[O-])CC1. The molecule has 1 aliphatic heterocycles. The molecule has 0 spiro atoms. The van der Waals surface area contributed by atoms with Crippen LogP contribution in [0.2, 0.25) is 0 Å². The van der Waals surface area contributed by atoms with Crippen molar-refractivity contribution < 1.29 is 9.72 Å². The highest BCUT2D eigenvalue weighted by Crippen LogP contribution is 2.29. The van der Waals surface area contributed by atoms with E-state index in [0.717, 1.165) is 19.3 Å². The highest BCUT2D eigenvalue weighted by Gasteiger charge is 2.28. The maximum atomic E-state index is 12.6. The monoisotopic (exact) mass is 292 g/mol. The molecule has 7 nitrogen and oxygen atoms in total. The van der Waals surface area contributed by atoms with Crippen molar-refractivity contribution in [3.05, 3.63) is 33.9 Å². The summed E-state index contributed by atoms with van der Waals surface area (Å²) in [5.74, 6) is 5.58. The van der Waals surface area contributed by atoms with Crippen molar-refractivity contribution >= 4 is 17.3 Å². The second-order valence-corrected chi connectivity index (χ2v) is 5.43. The highest BCUT2D eigenvalue weighted by atomic mass is 16.6. The average molecular weight is 292 g/mol. The van der Waals surface area contributed by atoms with Gasteiger partial charge in [0.2, 0.25) is 0 Å². The molecule has 0 bridgehead atoms. The molecule has 0 saturated carbocycles. The number of amides is 1. The van der Waals surface area contributed by atoms with E-state index in [1.165, 1.54) is 12.1 Å². The molecule has 1 aromatic carbocycles. The van der Waals surface area contributed by atoms with Gasteiger partial charge in [-0.15, -0.1) is 0 Å². The number of carbonyl (C=O) groups excluding carboxylic acids is 1. The first kappa shape index (κ1) is 15.2. The van der Waals surface area contributed by atoms with Gasteiger partial charge in [-0.25, -0.2) is 0 Å². The molecule has 114 valence electrons. The molecule has 1 saturated heterocycles. The average Bonchev–Trinajstić information content (AvgIpc) is 2.70. The van der Waals surface area contributed by atoms with Crippen molar-refractivity contribution in [3.63, 3.8) is 0 Å². The number of benzene rings is 1. The zero-order chi connectivity index (χ0) is 15.4. The van der Waals surface area contributed by atoms with Crippen LogP contribution in [0.4, 0.5) is 11.4 Å². The number of nitrogens with zero attached hydrogens (tertiary/aromatic N) is 2. The number of nitrogens with two attached hydrogens (primary N) is 1. The maximum Gasteiger partial charge on any atom is 0.306 e. The van der Waals surface area contributed by atoms with E-state index in [0.29, 0.717) is 19.0 Å². The molecule has 7 heteroatoms. The van der Waals surface area contributed by atoms with Crippen LogP contribution >= 0.6 is 0 Å². The van der Waals surface area contributed by atoms with Crippen LogP contribution in [0.3, 0.4) is 0 Å². The molecule has 0 radical (unpaired) electrons. The highest BCUT2D eigenvalue weighted by molar-refractivity contribution is 6.00. The predicted octanol–water partition coefficient (Wildman–Crippen LogP) is 2.14. The van der Waals surface area contributed by atoms with Crippen LogP contribution in [0.25, 0.3) is 0 Å². The van der Waals surface area contributed by atoms with E-state index in [1.54, 1.807) is 11.0 Å². The summed E-state index contributed by atoms with van der Waals surface area (Å²) < 4.78 is 0. The van der Waals surface area contributed by atoms with Crippen molar-refractivity contribution in [2.24, 2.45) is 11.8 Å². The topological polar surface area (TPSA) is 102 Å². The Labute approximate surface area is 123 Å². The Balaban J connectivity index is 2.32. The third-order valence-corrected chi connectivity index (χ3v) is 3.91. The van der Waals surface area contributed by atoms with Gasteiger partial charge in [-0.1, -0.05) is 13.0 Å². The number of para-hydroxylation sites is 1. The zero-order valence-electron chi connectivity index (χ0n) is 12.0. The van der Waals surface area contributed by atoms with Gasteiger partial charge in [0.15, 0.2) is 0 Å². The van der Waals surface area contributed by atoms with Gasteiger partial charge in [0, 0.05) is 13.1 Å². The molecule has 0 aromatic heterocycles. The Kier molecular flexibility index (Phi) is 4.74. The molecular weight excluding hydrogens is 272 g/mol. The summed E-state index contributed by atoms with van der Waals surface area (Å²) in [6, 6.07) is 4.56. The van der Waals surface area contributed by atoms with E-state index in [1.807, 2.05) is 0 Å². The largest absolute Gasteiger partial charge is 0.338 e. The van der Waals surface area contributed by atoms with Gasteiger partial charge in [-0.2, -0.15) is 0 Å². The Hall–Kier alpha value is -2.15. The third-order valence-electron chi connectivity index (χ3n) is 3.91. The van der Waals surface area contributed by atoms with E-state index >= 15 is 0 Å². The summed E-state index contributed by atoms with van der Waals surface area (Å²) in [7, 11) is 0. The number of nitro groups is 1. The molecule has 21 heavy (non-hydrogen) atoms. The Bertz CT molecular complexity index is 547. The normalized spacial score (nSPS) is 19.0. The number of hydrogen-bond acceptors (Lipinski definition) is 5. The Morgan fingerprint density at radius 2 is 2.19 bits per heavy atom. The molecule has 1 aromatic rings. The Morgan fingerprint density at radius 3 is 2.86 bits per heavy atom. The molecule has 1 amide bonds. The van der Waals surface area contributed by atoms with Gasteiger partial charge in [0.25, 0.3) is 5.91 Å². The number of nitro benzene ring substituents is 1. The van der Waals surface area contributed by atoms with E-state index in [9.17, 15) is 14.9 Å². The van der Waals surface area contributed by atoms with E-state index in [4.69, 9.17) is 5.84 Å². The molecule has 1 unspecified atom stereocenters. The fourth-order valence-corrected chi connectivity index (χ4v) is 2.67. The summed E-state index contributed by atoms with van der Waals surface area (Å²) in [6.07, 6.45) is 2.93. The summed E-state index contributed by atoms with van der Waals surface area (Å²) in [4.78, 5) is 25.0. The smallest absolute Gasteiger partial charge is 0.306 e. The van der Waals surface area contributed by atoms with Crippen LogP contribution in [0.5, 0.6) is 0 Å². The van der Waals surface area contributed by atoms with Crippen LogP contribution < -0.4 is 11.3 Å². The van der Waals surface area contributed by atoms with Gasteiger partial charge in [0.05, 0.1) is 4.92 Å².